The molecule has 0 aliphatic heterocycles. The molecule has 1 N–H and O–H groups in total. The summed E-state index contributed by atoms with van der Waals surface area (Å²) in [4.78, 5) is 13.5. The number of nitrogens with zero attached hydrogens (tertiary/aromatic N) is 1. The third-order valence-corrected chi connectivity index (χ3v) is 8.89. The molecule has 0 spiro atoms. The summed E-state index contributed by atoms with van der Waals surface area (Å²) in [5, 5.41) is 2.91. The maximum atomic E-state index is 13.7. The summed E-state index contributed by atoms with van der Waals surface area (Å²) < 4.78 is 52.1. The maximum Gasteiger partial charge on any atom is 0.264 e. The molecule has 9 heteroatoms. The van der Waals surface area contributed by atoms with E-state index in [9.17, 15) is 21.6 Å². The number of sulfone groups is 1. The van der Waals surface area contributed by atoms with Crippen molar-refractivity contribution >= 4 is 31.5 Å². The lowest BCUT2D eigenvalue weighted by molar-refractivity contribution is -0.120. The van der Waals surface area contributed by atoms with Crippen molar-refractivity contribution in [2.45, 2.75) is 49.9 Å². The van der Waals surface area contributed by atoms with E-state index in [1.54, 1.807) is 42.5 Å². The molecule has 0 radical (unpaired) electrons. The van der Waals surface area contributed by atoms with Crippen LogP contribution in [0.2, 0.25) is 0 Å². The molecule has 0 aromatic heterocycles. The van der Waals surface area contributed by atoms with Gasteiger partial charge in [-0.3, -0.25) is 9.10 Å². The molecule has 1 amide bonds. The zero-order valence-corrected chi connectivity index (χ0v) is 22.8. The number of sulfonamides is 1. The van der Waals surface area contributed by atoms with E-state index >= 15 is 0 Å². The maximum absolute atomic E-state index is 13.7. The van der Waals surface area contributed by atoms with E-state index in [1.165, 1.54) is 12.1 Å². The monoisotopic (exact) mass is 528 g/mol. The molecule has 7 nitrogen and oxygen atoms in total. The number of carbonyl (C=O) groups is 1. The fourth-order valence-electron chi connectivity index (χ4n) is 3.86. The van der Waals surface area contributed by atoms with E-state index in [1.807, 2.05) is 39.8 Å². The quantitative estimate of drug-likeness (QED) is 0.441. The summed E-state index contributed by atoms with van der Waals surface area (Å²) in [6.45, 7) is 7.04. The Morgan fingerprint density at radius 1 is 0.833 bits per heavy atom. The van der Waals surface area contributed by atoms with Crippen molar-refractivity contribution in [1.82, 2.24) is 5.32 Å². The average molecular weight is 529 g/mol. The van der Waals surface area contributed by atoms with Crippen molar-refractivity contribution in [3.8, 4) is 0 Å². The Labute approximate surface area is 214 Å². The Morgan fingerprint density at radius 3 is 1.94 bits per heavy atom. The van der Waals surface area contributed by atoms with E-state index in [0.717, 1.165) is 32.8 Å². The first kappa shape index (κ1) is 27.4. The van der Waals surface area contributed by atoms with Crippen molar-refractivity contribution in [3.63, 3.8) is 0 Å². The van der Waals surface area contributed by atoms with Crippen LogP contribution in [0.5, 0.6) is 0 Å². The van der Waals surface area contributed by atoms with Crippen LogP contribution in [-0.2, 0) is 24.7 Å². The molecular formula is C27H32N2O5S2. The van der Waals surface area contributed by atoms with Crippen LogP contribution in [0.3, 0.4) is 0 Å². The van der Waals surface area contributed by atoms with Gasteiger partial charge in [-0.05, 0) is 74.2 Å². The highest BCUT2D eigenvalue weighted by atomic mass is 32.2. The molecule has 3 rings (SSSR count). The van der Waals surface area contributed by atoms with Gasteiger partial charge < -0.3 is 5.32 Å². The molecule has 0 aliphatic carbocycles. The van der Waals surface area contributed by atoms with Crippen LogP contribution >= 0.6 is 0 Å². The van der Waals surface area contributed by atoms with Gasteiger partial charge in [0.1, 0.15) is 6.54 Å². The molecule has 3 aromatic carbocycles. The Bertz CT molecular complexity index is 1450. The predicted octanol–water partition coefficient (Wildman–Crippen LogP) is 4.48. The van der Waals surface area contributed by atoms with Crippen molar-refractivity contribution < 1.29 is 21.6 Å². The lowest BCUT2D eigenvalue weighted by Gasteiger charge is -2.27. The van der Waals surface area contributed by atoms with Crippen molar-refractivity contribution in [3.05, 3.63) is 89.0 Å². The van der Waals surface area contributed by atoms with E-state index in [0.29, 0.717) is 12.1 Å². The van der Waals surface area contributed by atoms with Crippen LogP contribution in [0.1, 0.15) is 41.6 Å². The Balaban J connectivity index is 1.93. The minimum absolute atomic E-state index is 0.102. The molecule has 1 unspecified atom stereocenters. The van der Waals surface area contributed by atoms with Crippen LogP contribution in [0, 0.1) is 20.8 Å². The van der Waals surface area contributed by atoms with Crippen molar-refractivity contribution in [2.24, 2.45) is 0 Å². The molecule has 0 heterocycles. The third kappa shape index (κ3) is 6.33. The van der Waals surface area contributed by atoms with Crippen LogP contribution in [-0.4, -0.2) is 35.5 Å². The van der Waals surface area contributed by atoms with Crippen molar-refractivity contribution in [1.29, 1.82) is 0 Å². The molecule has 36 heavy (non-hydrogen) atoms. The molecule has 0 saturated carbocycles. The molecule has 0 bridgehead atoms. The topological polar surface area (TPSA) is 101 Å². The minimum atomic E-state index is -4.03. The highest BCUT2D eigenvalue weighted by Gasteiger charge is 2.29. The van der Waals surface area contributed by atoms with Crippen LogP contribution in [0.25, 0.3) is 0 Å². The van der Waals surface area contributed by atoms with E-state index < -0.39 is 38.4 Å². The molecule has 3 aromatic rings. The fourth-order valence-corrected chi connectivity index (χ4v) is 5.97. The number of aryl methyl sites for hydroxylation is 3. The van der Waals surface area contributed by atoms with Gasteiger partial charge in [-0.15, -0.1) is 0 Å². The Morgan fingerprint density at radius 2 is 1.39 bits per heavy atom. The second kappa shape index (κ2) is 10.8. The van der Waals surface area contributed by atoms with Gasteiger partial charge >= 0.3 is 0 Å². The zero-order chi connectivity index (χ0) is 26.7. The number of carbonyl (C=O) groups excluding carboxylic acids is 1. The first-order valence-corrected chi connectivity index (χ1v) is 14.9. The molecule has 0 saturated heterocycles. The van der Waals surface area contributed by atoms with Gasteiger partial charge in [0.05, 0.1) is 21.5 Å². The molecule has 192 valence electrons. The zero-order valence-electron chi connectivity index (χ0n) is 21.1. The normalized spacial score (nSPS) is 12.7. The predicted molar refractivity (Wildman–Crippen MR) is 142 cm³/mol. The smallest absolute Gasteiger partial charge is 0.264 e. The second-order valence-corrected chi connectivity index (χ2v) is 12.9. The molecule has 0 fully saturated rings. The fraction of sp³-hybridized carbons (Fsp3) is 0.296. The lowest BCUT2D eigenvalue weighted by Crippen LogP contribution is -2.42. The Kier molecular flexibility index (Phi) is 8.26. The molecule has 0 aliphatic rings. The largest absolute Gasteiger partial charge is 0.348 e. The average Bonchev–Trinajstić information content (AvgIpc) is 2.82. The standard InChI is InChI=1S/C27H32N2O5S2/c1-6-25(22-11-15-23(16-12-22)35(5,31)32)28-27(30)18-29(26-17-20(3)7-10-21(26)4)36(33,34)24-13-8-19(2)9-14-24/h7-17,25H,6,18H2,1-5H3,(H,28,30). The molecule has 1 atom stereocenters. The number of hydrogen-bond acceptors (Lipinski definition) is 5. The van der Waals surface area contributed by atoms with Gasteiger partial charge in [0.2, 0.25) is 5.91 Å². The summed E-state index contributed by atoms with van der Waals surface area (Å²) in [6.07, 6.45) is 1.68. The number of amides is 1. The highest BCUT2D eigenvalue weighted by Crippen LogP contribution is 2.28. The second-order valence-electron chi connectivity index (χ2n) is 8.98. The molecular weight excluding hydrogens is 496 g/mol. The van der Waals surface area contributed by atoms with Gasteiger partial charge in [0.15, 0.2) is 9.84 Å². The SMILES string of the molecule is CCC(NC(=O)CN(c1cc(C)ccc1C)S(=O)(=O)c1ccc(C)cc1)c1ccc(S(C)(=O)=O)cc1. The van der Waals surface area contributed by atoms with Gasteiger partial charge in [0, 0.05) is 6.26 Å². The first-order chi connectivity index (χ1) is 16.8. The van der Waals surface area contributed by atoms with Crippen molar-refractivity contribution in [2.75, 3.05) is 17.1 Å². The van der Waals surface area contributed by atoms with Gasteiger partial charge in [-0.1, -0.05) is 48.9 Å². The van der Waals surface area contributed by atoms with E-state index in [4.69, 9.17) is 0 Å². The van der Waals surface area contributed by atoms with Gasteiger partial charge in [-0.25, -0.2) is 16.8 Å². The number of hydrogen-bond donors (Lipinski definition) is 1. The Hall–Kier alpha value is -3.17. The summed E-state index contributed by atoms with van der Waals surface area (Å²) in [5.41, 5.74) is 3.71. The number of nitrogens with one attached hydrogen (secondary N) is 1. The van der Waals surface area contributed by atoms with Crippen LogP contribution in [0.15, 0.2) is 76.5 Å². The van der Waals surface area contributed by atoms with Crippen LogP contribution < -0.4 is 9.62 Å². The van der Waals surface area contributed by atoms with Gasteiger partial charge in [0.25, 0.3) is 10.0 Å². The summed E-state index contributed by atoms with van der Waals surface area (Å²) in [6, 6.07) is 17.9. The third-order valence-electron chi connectivity index (χ3n) is 5.98. The number of anilines is 1. The summed E-state index contributed by atoms with van der Waals surface area (Å²) in [5.74, 6) is -0.467. The summed E-state index contributed by atoms with van der Waals surface area (Å²) >= 11 is 0. The number of benzene rings is 3. The lowest BCUT2D eigenvalue weighted by atomic mass is 10.0. The first-order valence-electron chi connectivity index (χ1n) is 11.6. The van der Waals surface area contributed by atoms with Crippen LogP contribution in [0.4, 0.5) is 5.69 Å². The highest BCUT2D eigenvalue weighted by molar-refractivity contribution is 7.93. The van der Waals surface area contributed by atoms with E-state index in [2.05, 4.69) is 5.32 Å². The summed E-state index contributed by atoms with van der Waals surface area (Å²) in [7, 11) is -7.36. The number of rotatable bonds is 9. The van der Waals surface area contributed by atoms with Gasteiger partial charge in [-0.2, -0.15) is 0 Å². The van der Waals surface area contributed by atoms with E-state index in [-0.39, 0.29) is 9.79 Å². The minimum Gasteiger partial charge on any atom is -0.348 e.